The van der Waals surface area contributed by atoms with E-state index in [1.165, 1.54) is 12.1 Å². The Kier molecular flexibility index (Phi) is 7.56. The number of carbonyl (C=O) groups is 2. The molecule has 0 heterocycles. The Morgan fingerprint density at radius 1 is 1.50 bits per heavy atom. The minimum absolute atomic E-state index is 0. The van der Waals surface area contributed by atoms with Crippen LogP contribution in [-0.2, 0) is 4.79 Å². The van der Waals surface area contributed by atoms with Crippen molar-refractivity contribution < 1.29 is 24.4 Å². The fourth-order valence-electron chi connectivity index (χ4n) is 1.39. The predicted octanol–water partition coefficient (Wildman–Crippen LogP) is 2.73. The van der Waals surface area contributed by atoms with Crippen LogP contribution in [0.2, 0.25) is 5.02 Å². The summed E-state index contributed by atoms with van der Waals surface area (Å²) < 4.78 is 5.17. The van der Waals surface area contributed by atoms with Crippen molar-refractivity contribution in [2.45, 2.75) is 12.8 Å². The molecule has 0 amide bonds. The Morgan fingerprint density at radius 3 is 2.65 bits per heavy atom. The van der Waals surface area contributed by atoms with Crippen LogP contribution in [-0.4, -0.2) is 28.9 Å². The summed E-state index contributed by atoms with van der Waals surface area (Å²) in [5.74, 6) is -0.960. The molecule has 1 rings (SSSR count). The lowest BCUT2D eigenvalue weighted by Crippen LogP contribution is -2.05. The Bertz CT molecular complexity index is 520. The maximum atomic E-state index is 10.9. The Hall–Kier alpha value is -1.86. The van der Waals surface area contributed by atoms with Crippen LogP contribution in [0.5, 0.6) is 5.75 Å². The molecular formula is C11H11Cl2NO6. The number of rotatable bonds is 7. The molecule has 1 N–H and O–H groups in total. The normalized spacial score (nSPS) is 9.45. The van der Waals surface area contributed by atoms with E-state index in [9.17, 15) is 19.7 Å². The third-order valence-electron chi connectivity index (χ3n) is 2.22. The first-order chi connectivity index (χ1) is 8.97. The minimum atomic E-state index is -0.971. The topological polar surface area (TPSA) is 107 Å². The molecule has 110 valence electrons. The van der Waals surface area contributed by atoms with Crippen LogP contribution in [0, 0.1) is 10.1 Å². The average Bonchev–Trinajstić information content (AvgIpc) is 2.34. The molecule has 0 spiro atoms. The van der Waals surface area contributed by atoms with Gasteiger partial charge in [-0.25, -0.2) is 0 Å². The molecule has 1 aromatic rings. The number of nitrogens with zero attached hydrogens (tertiary/aromatic N) is 1. The first kappa shape index (κ1) is 18.1. The SMILES string of the molecule is Cl.O=Cc1c(OCCCC(=O)O)ccc(Cl)c1[N+](=O)[O-]. The van der Waals surface area contributed by atoms with Crippen molar-refractivity contribution in [2.24, 2.45) is 0 Å². The quantitative estimate of drug-likeness (QED) is 0.358. The van der Waals surface area contributed by atoms with Crippen molar-refractivity contribution in [3.63, 3.8) is 0 Å². The largest absolute Gasteiger partial charge is 0.493 e. The van der Waals surface area contributed by atoms with E-state index in [4.69, 9.17) is 21.4 Å². The summed E-state index contributed by atoms with van der Waals surface area (Å²) in [5, 5.41) is 19.1. The second-order valence-corrected chi connectivity index (χ2v) is 3.94. The lowest BCUT2D eigenvalue weighted by atomic mass is 10.1. The van der Waals surface area contributed by atoms with Crippen LogP contribution in [0.1, 0.15) is 23.2 Å². The van der Waals surface area contributed by atoms with Crippen molar-refractivity contribution in [1.82, 2.24) is 0 Å². The number of aliphatic carboxylic acids is 1. The van der Waals surface area contributed by atoms with Gasteiger partial charge in [0.25, 0.3) is 0 Å². The van der Waals surface area contributed by atoms with E-state index in [0.717, 1.165) is 0 Å². The summed E-state index contributed by atoms with van der Waals surface area (Å²) in [6, 6.07) is 2.58. The number of hydrogen-bond donors (Lipinski definition) is 1. The zero-order valence-electron chi connectivity index (χ0n) is 10.1. The van der Waals surface area contributed by atoms with Crippen molar-refractivity contribution in [1.29, 1.82) is 0 Å². The fraction of sp³-hybridized carbons (Fsp3) is 0.273. The predicted molar refractivity (Wildman–Crippen MR) is 73.1 cm³/mol. The third kappa shape index (κ3) is 4.67. The lowest BCUT2D eigenvalue weighted by Gasteiger charge is -2.08. The van der Waals surface area contributed by atoms with Crippen molar-refractivity contribution >= 4 is 42.0 Å². The lowest BCUT2D eigenvalue weighted by molar-refractivity contribution is -0.385. The summed E-state index contributed by atoms with van der Waals surface area (Å²) in [7, 11) is 0. The van der Waals surface area contributed by atoms with Crippen molar-refractivity contribution in [3.8, 4) is 5.75 Å². The van der Waals surface area contributed by atoms with E-state index in [-0.39, 0.29) is 54.5 Å². The first-order valence-corrected chi connectivity index (χ1v) is 5.61. The number of benzene rings is 1. The van der Waals surface area contributed by atoms with Gasteiger partial charge in [0.15, 0.2) is 6.29 Å². The van der Waals surface area contributed by atoms with Gasteiger partial charge in [-0.05, 0) is 18.6 Å². The maximum absolute atomic E-state index is 10.9. The van der Waals surface area contributed by atoms with Gasteiger partial charge in [0, 0.05) is 6.42 Å². The number of hydrogen-bond acceptors (Lipinski definition) is 5. The van der Waals surface area contributed by atoms with E-state index >= 15 is 0 Å². The number of carbonyl (C=O) groups excluding carboxylic acids is 1. The molecule has 9 heteroatoms. The molecular weight excluding hydrogens is 313 g/mol. The van der Waals surface area contributed by atoms with Gasteiger partial charge in [0.1, 0.15) is 16.3 Å². The van der Waals surface area contributed by atoms with Crippen LogP contribution in [0.4, 0.5) is 5.69 Å². The smallest absolute Gasteiger partial charge is 0.303 e. The second kappa shape index (κ2) is 8.34. The number of nitro benzene ring substituents is 1. The summed E-state index contributed by atoms with van der Waals surface area (Å²) in [4.78, 5) is 31.2. The number of ether oxygens (including phenoxy) is 1. The average molecular weight is 324 g/mol. The molecule has 0 radical (unpaired) electrons. The van der Waals surface area contributed by atoms with Crippen LogP contribution in [0.15, 0.2) is 12.1 Å². The molecule has 0 unspecified atom stereocenters. The molecule has 20 heavy (non-hydrogen) atoms. The molecule has 0 fully saturated rings. The summed E-state index contributed by atoms with van der Waals surface area (Å²) in [6.07, 6.45) is 0.423. The van der Waals surface area contributed by atoms with E-state index < -0.39 is 16.6 Å². The molecule has 0 aliphatic heterocycles. The molecule has 0 atom stereocenters. The summed E-state index contributed by atoms with van der Waals surface area (Å²) in [6.45, 7) is 0.0337. The Morgan fingerprint density at radius 2 is 2.15 bits per heavy atom. The second-order valence-electron chi connectivity index (χ2n) is 3.53. The molecule has 0 bridgehead atoms. The zero-order valence-corrected chi connectivity index (χ0v) is 11.6. The Labute approximate surface area is 125 Å². The molecule has 0 aliphatic carbocycles. The van der Waals surface area contributed by atoms with E-state index in [1.54, 1.807) is 0 Å². The number of aldehydes is 1. The highest BCUT2D eigenvalue weighted by Gasteiger charge is 2.22. The highest BCUT2D eigenvalue weighted by Crippen LogP contribution is 2.33. The van der Waals surface area contributed by atoms with E-state index in [1.807, 2.05) is 0 Å². The van der Waals surface area contributed by atoms with Gasteiger partial charge in [-0.15, -0.1) is 12.4 Å². The third-order valence-corrected chi connectivity index (χ3v) is 2.53. The van der Waals surface area contributed by atoms with Gasteiger partial charge in [-0.2, -0.15) is 0 Å². The highest BCUT2D eigenvalue weighted by molar-refractivity contribution is 6.33. The molecule has 0 aromatic heterocycles. The van der Waals surface area contributed by atoms with Crippen molar-refractivity contribution in [2.75, 3.05) is 6.61 Å². The first-order valence-electron chi connectivity index (χ1n) is 5.24. The van der Waals surface area contributed by atoms with E-state index in [2.05, 4.69) is 0 Å². The van der Waals surface area contributed by atoms with Crippen LogP contribution >= 0.6 is 24.0 Å². The van der Waals surface area contributed by atoms with Gasteiger partial charge in [0.05, 0.1) is 11.5 Å². The van der Waals surface area contributed by atoms with Crippen LogP contribution < -0.4 is 4.74 Å². The number of carboxylic acid groups (broad SMARTS) is 1. The maximum Gasteiger partial charge on any atom is 0.303 e. The van der Waals surface area contributed by atoms with E-state index in [0.29, 0.717) is 0 Å². The number of halogens is 2. The minimum Gasteiger partial charge on any atom is -0.493 e. The molecule has 7 nitrogen and oxygen atoms in total. The van der Waals surface area contributed by atoms with Gasteiger partial charge < -0.3 is 9.84 Å². The van der Waals surface area contributed by atoms with Crippen LogP contribution in [0.25, 0.3) is 0 Å². The standard InChI is InChI=1S/C11H10ClNO6.ClH/c12-8-3-4-9(19-5-1-2-10(15)16)7(6-14)11(8)13(17)18;/h3-4,6H,1-2,5H2,(H,15,16);1H. The van der Waals surface area contributed by atoms with Crippen LogP contribution in [0.3, 0.4) is 0 Å². The Balaban J connectivity index is 0.00000361. The number of nitro groups is 1. The zero-order chi connectivity index (χ0) is 14.4. The molecule has 1 aromatic carbocycles. The van der Waals surface area contributed by atoms with Gasteiger partial charge >= 0.3 is 11.7 Å². The monoisotopic (exact) mass is 323 g/mol. The summed E-state index contributed by atoms with van der Waals surface area (Å²) >= 11 is 5.64. The van der Waals surface area contributed by atoms with Gasteiger partial charge in [-0.1, -0.05) is 11.6 Å². The molecule has 0 saturated carbocycles. The van der Waals surface area contributed by atoms with Gasteiger partial charge in [-0.3, -0.25) is 19.7 Å². The molecule has 0 saturated heterocycles. The number of carboxylic acids is 1. The fourth-order valence-corrected chi connectivity index (χ4v) is 1.63. The molecule has 0 aliphatic rings. The van der Waals surface area contributed by atoms with Crippen molar-refractivity contribution in [3.05, 3.63) is 32.8 Å². The highest BCUT2D eigenvalue weighted by atomic mass is 35.5. The van der Waals surface area contributed by atoms with Gasteiger partial charge in [0.2, 0.25) is 0 Å². The summed E-state index contributed by atoms with van der Waals surface area (Å²) in [5.41, 5.74) is -0.778.